The molecule has 0 aliphatic carbocycles. The van der Waals surface area contributed by atoms with Crippen molar-refractivity contribution in [3.8, 4) is 0 Å². The van der Waals surface area contributed by atoms with E-state index in [1.807, 2.05) is 0 Å². The number of phosphoric ester groups is 2. The number of carbonyl (C=O) groups excluding carboxylic acids is 3. The summed E-state index contributed by atoms with van der Waals surface area (Å²) in [6.45, 7) is 2.40. The lowest BCUT2D eigenvalue weighted by Gasteiger charge is -2.21. The van der Waals surface area contributed by atoms with Gasteiger partial charge in [-0.05, 0) is 122 Å². The van der Waals surface area contributed by atoms with Gasteiger partial charge in [0.15, 0.2) is 6.10 Å². The summed E-state index contributed by atoms with van der Waals surface area (Å²) in [6.07, 6.45) is 91.9. The molecule has 5 unspecified atom stereocenters. The average Bonchev–Trinajstić information content (AvgIpc) is 0.936. The molecule has 0 aliphatic rings. The summed E-state index contributed by atoms with van der Waals surface area (Å²) < 4.78 is 61.0. The van der Waals surface area contributed by atoms with E-state index in [1.54, 1.807) is 0 Å². The molecule has 4 N–H and O–H groups in total. The van der Waals surface area contributed by atoms with Crippen molar-refractivity contribution < 1.29 is 75.8 Å². The van der Waals surface area contributed by atoms with Gasteiger partial charge in [0.05, 0.1) is 26.4 Å². The van der Waals surface area contributed by atoms with E-state index in [9.17, 15) is 43.5 Å². The number of rotatable bonds is 73. The summed E-state index contributed by atoms with van der Waals surface area (Å²) in [4.78, 5) is 58.6. The normalized spacial score (nSPS) is 14.8. The molecule has 0 heterocycles. The minimum Gasteiger partial charge on any atom is -0.463 e. The molecule has 0 aliphatic heterocycles. The monoisotopic (exact) mass is 1450 g/mol. The van der Waals surface area contributed by atoms with Crippen LogP contribution in [0.5, 0.6) is 0 Å². The Hall–Kier alpha value is -4.57. The van der Waals surface area contributed by atoms with Crippen molar-refractivity contribution in [2.24, 2.45) is 0 Å². The van der Waals surface area contributed by atoms with Crippen LogP contribution in [0.25, 0.3) is 0 Å². The summed E-state index contributed by atoms with van der Waals surface area (Å²) in [7, 11) is -9.80. The minimum absolute atomic E-state index is 0.0946. The van der Waals surface area contributed by atoms with Gasteiger partial charge in [-0.25, -0.2) is 9.13 Å². The molecule has 0 aromatic heterocycles. The van der Waals surface area contributed by atoms with E-state index >= 15 is 0 Å². The van der Waals surface area contributed by atoms with E-state index in [2.05, 4.69) is 167 Å². The van der Waals surface area contributed by atoms with Gasteiger partial charge in [0, 0.05) is 19.3 Å². The molecule has 18 heteroatoms. The lowest BCUT2D eigenvalue weighted by Crippen LogP contribution is -2.30. The zero-order valence-electron chi connectivity index (χ0n) is 63.0. The second-order valence-corrected chi connectivity index (χ2v) is 28.7. The Morgan fingerprint density at radius 2 is 0.525 bits per heavy atom. The molecule has 0 aromatic rings. The number of carbonyl (C=O) groups is 3. The van der Waals surface area contributed by atoms with Crippen LogP contribution < -0.4 is 0 Å². The Bertz CT molecular complexity index is 2420. The lowest BCUT2D eigenvalue weighted by molar-refractivity contribution is -0.161. The number of aliphatic hydroxyl groups is 2. The number of allylic oxidation sites excluding steroid dienone is 24. The molecular formula is C83H140O16P2. The van der Waals surface area contributed by atoms with Gasteiger partial charge in [0.2, 0.25) is 0 Å². The van der Waals surface area contributed by atoms with Gasteiger partial charge < -0.3 is 34.2 Å². The number of hydrogen-bond donors (Lipinski definition) is 4. The summed E-state index contributed by atoms with van der Waals surface area (Å²) in [5.41, 5.74) is 0. The Morgan fingerprint density at radius 3 is 0.851 bits per heavy atom. The van der Waals surface area contributed by atoms with Crippen molar-refractivity contribution in [2.45, 2.75) is 322 Å². The third kappa shape index (κ3) is 76.4. The molecule has 0 bridgehead atoms. The molecule has 16 nitrogen and oxygen atoms in total. The maximum Gasteiger partial charge on any atom is 0.472 e. The Labute approximate surface area is 613 Å². The molecule has 0 aromatic carbocycles. The van der Waals surface area contributed by atoms with Crippen LogP contribution in [-0.2, 0) is 55.8 Å². The van der Waals surface area contributed by atoms with Gasteiger partial charge in [-0.2, -0.15) is 0 Å². The van der Waals surface area contributed by atoms with Crippen LogP contribution in [-0.4, -0.2) is 95.9 Å². The Kier molecular flexibility index (Phi) is 71.7. The third-order valence-corrected chi connectivity index (χ3v) is 18.0. The van der Waals surface area contributed by atoms with Gasteiger partial charge >= 0.3 is 33.6 Å². The van der Waals surface area contributed by atoms with Gasteiger partial charge in [-0.15, -0.1) is 0 Å². The van der Waals surface area contributed by atoms with E-state index in [4.69, 9.17) is 32.3 Å². The largest absolute Gasteiger partial charge is 0.472 e. The quantitative estimate of drug-likeness (QED) is 0.0146. The summed E-state index contributed by atoms with van der Waals surface area (Å²) in [5, 5.41) is 20.6. The molecular weight excluding hydrogens is 1310 g/mol. The standard InChI is InChI=1S/C83H140O16P2/c1-4-7-10-13-16-19-22-25-27-29-31-33-34-35-36-37-38-39-40-41-42-44-46-47-49-52-54-57-60-63-66-69-81(86)93-72-78(84)73-95-100(89,90)96-74-79(85)75-97-101(91,92)98-77-80(99-83(88)71-68-65-62-59-56-51-24-21-18-15-12-9-6-3)76-94-82(87)70-67-64-61-58-55-53-50-48-45-43-32-30-28-26-23-20-17-14-11-8-5-2/h7-8,10-11,16-17,19-20,25-28,31-33,35-36,38-39,43,48,50,55,58,78-80,84-85H,4-6,9,12-15,18,21-24,29-30,34,37,40-42,44-47,49,51-54,56-57,59-77H2,1-3H3,(H,89,90)(H,91,92)/b10-7-,11-8-,19-16-,20-17-,27-25-,28-26-,33-31-,36-35-,39-38-,43-32-,50-48-,58-55-. The number of esters is 3. The predicted octanol–water partition coefficient (Wildman–Crippen LogP) is 22.9. The van der Waals surface area contributed by atoms with E-state index < -0.39 is 91.5 Å². The first kappa shape index (κ1) is 96.4. The molecule has 5 atom stereocenters. The molecule has 101 heavy (non-hydrogen) atoms. The van der Waals surface area contributed by atoms with E-state index in [-0.39, 0.29) is 19.3 Å². The second-order valence-electron chi connectivity index (χ2n) is 25.8. The minimum atomic E-state index is -4.94. The first-order valence-corrected chi connectivity index (χ1v) is 42.1. The van der Waals surface area contributed by atoms with Crippen molar-refractivity contribution in [3.63, 3.8) is 0 Å². The Morgan fingerprint density at radius 1 is 0.287 bits per heavy atom. The van der Waals surface area contributed by atoms with Crippen LogP contribution in [0, 0.1) is 0 Å². The SMILES string of the molecule is CC/C=C\C/C=C\C/C=C\C/C=C\C/C=C\C/C=C\CCCCCCCCCCCCCCC(=O)OCC(O)COP(=O)(O)OCC(O)COP(=O)(O)OCC(COC(=O)CCCC/C=C\C/C=C\C/C=C\C/C=C\C/C=C\C/C=C\CC)OC(=O)CCCCCCCCCCCCCCC. The van der Waals surface area contributed by atoms with Crippen molar-refractivity contribution >= 4 is 33.6 Å². The van der Waals surface area contributed by atoms with Crippen molar-refractivity contribution in [3.05, 3.63) is 146 Å². The van der Waals surface area contributed by atoms with Crippen LogP contribution in [0.1, 0.15) is 303 Å². The number of unbranched alkanes of at least 4 members (excludes halogenated alkanes) is 26. The first-order valence-electron chi connectivity index (χ1n) is 39.1. The molecule has 0 radical (unpaired) electrons. The zero-order valence-corrected chi connectivity index (χ0v) is 64.8. The number of phosphoric acid groups is 2. The highest BCUT2D eigenvalue weighted by molar-refractivity contribution is 7.47. The number of ether oxygens (including phenoxy) is 3. The smallest absolute Gasteiger partial charge is 0.463 e. The topological polar surface area (TPSA) is 231 Å². The molecule has 0 amide bonds. The number of aliphatic hydroxyl groups excluding tert-OH is 2. The van der Waals surface area contributed by atoms with E-state index in [0.717, 1.165) is 141 Å². The summed E-state index contributed by atoms with van der Waals surface area (Å²) in [5.74, 6) is -1.63. The molecule has 0 saturated heterocycles. The highest BCUT2D eigenvalue weighted by atomic mass is 31.2. The van der Waals surface area contributed by atoms with Gasteiger partial charge in [0.1, 0.15) is 25.4 Å². The fourth-order valence-electron chi connectivity index (χ4n) is 10.2. The molecule has 0 spiro atoms. The summed E-state index contributed by atoms with van der Waals surface area (Å²) in [6, 6.07) is 0. The van der Waals surface area contributed by atoms with Crippen LogP contribution in [0.15, 0.2) is 146 Å². The van der Waals surface area contributed by atoms with E-state index in [0.29, 0.717) is 19.3 Å². The fraction of sp³-hybridized carbons (Fsp3) is 0.675. The maximum atomic E-state index is 12.9. The van der Waals surface area contributed by atoms with Crippen LogP contribution >= 0.6 is 15.6 Å². The summed E-state index contributed by atoms with van der Waals surface area (Å²) >= 11 is 0. The number of hydrogen-bond acceptors (Lipinski definition) is 14. The Balaban J connectivity index is 4.51. The van der Waals surface area contributed by atoms with Gasteiger partial charge in [-0.1, -0.05) is 308 Å². The molecule has 0 saturated carbocycles. The van der Waals surface area contributed by atoms with Gasteiger partial charge in [0.25, 0.3) is 0 Å². The third-order valence-electron chi connectivity index (χ3n) is 16.1. The zero-order chi connectivity index (χ0) is 73.7. The van der Waals surface area contributed by atoms with Crippen LogP contribution in [0.3, 0.4) is 0 Å². The van der Waals surface area contributed by atoms with Crippen molar-refractivity contribution in [1.82, 2.24) is 0 Å². The molecule has 0 fully saturated rings. The highest BCUT2D eigenvalue weighted by Crippen LogP contribution is 2.45. The fourth-order valence-corrected chi connectivity index (χ4v) is 11.8. The predicted molar refractivity (Wildman–Crippen MR) is 417 cm³/mol. The van der Waals surface area contributed by atoms with Crippen molar-refractivity contribution in [2.75, 3.05) is 39.6 Å². The van der Waals surface area contributed by atoms with E-state index in [1.165, 1.54) is 103 Å². The van der Waals surface area contributed by atoms with Gasteiger partial charge in [-0.3, -0.25) is 32.5 Å². The lowest BCUT2D eigenvalue weighted by atomic mass is 10.0. The average molecular weight is 1460 g/mol. The van der Waals surface area contributed by atoms with Crippen molar-refractivity contribution in [1.29, 1.82) is 0 Å². The van der Waals surface area contributed by atoms with Crippen LogP contribution in [0.4, 0.5) is 0 Å². The van der Waals surface area contributed by atoms with Crippen LogP contribution in [0.2, 0.25) is 0 Å². The molecule has 0 rings (SSSR count). The maximum absolute atomic E-state index is 12.9. The second kappa shape index (κ2) is 75.1. The first-order chi connectivity index (χ1) is 49.2. The highest BCUT2D eigenvalue weighted by Gasteiger charge is 2.29. The molecule has 578 valence electrons.